The molecule has 0 radical (unpaired) electrons. The van der Waals surface area contributed by atoms with Gasteiger partial charge in [0, 0.05) is 25.7 Å². The molecule has 18 heavy (non-hydrogen) atoms. The average Bonchev–Trinajstić information content (AvgIpc) is 2.36. The van der Waals surface area contributed by atoms with E-state index in [9.17, 15) is 5.11 Å². The molecule has 3 heteroatoms. The number of rotatable bonds is 4. The van der Waals surface area contributed by atoms with Crippen molar-refractivity contribution >= 4 is 0 Å². The average molecular weight is 254 g/mol. The Kier molecular flexibility index (Phi) is 5.46. The molecule has 3 atom stereocenters. The van der Waals surface area contributed by atoms with Crippen LogP contribution in [0.3, 0.4) is 0 Å². The first-order valence-corrected chi connectivity index (χ1v) is 7.85. The summed E-state index contributed by atoms with van der Waals surface area (Å²) in [5, 5.41) is 9.55. The molecular formula is C15H30N2O. The van der Waals surface area contributed by atoms with Crippen molar-refractivity contribution in [2.24, 2.45) is 17.6 Å². The molecule has 1 aliphatic carbocycles. The largest absolute Gasteiger partial charge is 0.393 e. The van der Waals surface area contributed by atoms with Gasteiger partial charge < -0.3 is 15.7 Å². The molecular weight excluding hydrogens is 224 g/mol. The number of nitrogens with zero attached hydrogens (tertiary/aromatic N) is 1. The molecule has 106 valence electrons. The summed E-state index contributed by atoms with van der Waals surface area (Å²) in [7, 11) is 0. The van der Waals surface area contributed by atoms with Crippen LogP contribution in [-0.2, 0) is 0 Å². The van der Waals surface area contributed by atoms with Gasteiger partial charge >= 0.3 is 0 Å². The second-order valence-electron chi connectivity index (χ2n) is 6.42. The topological polar surface area (TPSA) is 49.5 Å². The first-order chi connectivity index (χ1) is 8.69. The molecule has 2 rings (SSSR count). The van der Waals surface area contributed by atoms with Crippen LogP contribution in [-0.4, -0.2) is 41.8 Å². The molecule has 2 aliphatic rings. The zero-order valence-corrected chi connectivity index (χ0v) is 11.9. The first-order valence-electron chi connectivity index (χ1n) is 7.85. The summed E-state index contributed by atoms with van der Waals surface area (Å²) in [6, 6.07) is 0.407. The zero-order chi connectivity index (χ0) is 13.0. The predicted octanol–water partition coefficient (Wildman–Crippen LogP) is 1.99. The monoisotopic (exact) mass is 254 g/mol. The van der Waals surface area contributed by atoms with Crippen molar-refractivity contribution in [2.75, 3.05) is 19.6 Å². The van der Waals surface area contributed by atoms with E-state index >= 15 is 0 Å². The Bertz CT molecular complexity index is 239. The van der Waals surface area contributed by atoms with E-state index in [1.165, 1.54) is 32.1 Å². The number of likely N-dealkylation sites (tertiary alicyclic amines) is 1. The van der Waals surface area contributed by atoms with Crippen LogP contribution >= 0.6 is 0 Å². The lowest BCUT2D eigenvalue weighted by Gasteiger charge is -2.39. The van der Waals surface area contributed by atoms with E-state index in [-0.39, 0.29) is 6.10 Å². The maximum atomic E-state index is 9.55. The maximum absolute atomic E-state index is 9.55. The Morgan fingerprint density at radius 3 is 2.56 bits per heavy atom. The standard InChI is InChI=1S/C15H30N2O/c1-2-3-12-4-5-15(16)13(10-12)11-17-8-6-14(18)7-9-17/h12-15,18H,2-11,16H2,1H3. The molecule has 3 unspecified atom stereocenters. The Morgan fingerprint density at radius 2 is 1.89 bits per heavy atom. The van der Waals surface area contributed by atoms with E-state index in [1.807, 2.05) is 0 Å². The molecule has 1 heterocycles. The molecule has 2 fully saturated rings. The van der Waals surface area contributed by atoms with Gasteiger partial charge in [0.15, 0.2) is 0 Å². The van der Waals surface area contributed by atoms with Crippen molar-refractivity contribution in [2.45, 2.75) is 64.0 Å². The number of hydrogen-bond donors (Lipinski definition) is 2. The van der Waals surface area contributed by atoms with Gasteiger partial charge in [-0.15, -0.1) is 0 Å². The third-order valence-corrected chi connectivity index (χ3v) is 4.90. The van der Waals surface area contributed by atoms with Crippen LogP contribution < -0.4 is 5.73 Å². The van der Waals surface area contributed by atoms with Gasteiger partial charge in [0.1, 0.15) is 0 Å². The van der Waals surface area contributed by atoms with Crippen LogP contribution in [0.4, 0.5) is 0 Å². The van der Waals surface area contributed by atoms with E-state index in [0.717, 1.165) is 38.4 Å². The highest BCUT2D eigenvalue weighted by molar-refractivity contribution is 4.85. The number of hydrogen-bond acceptors (Lipinski definition) is 3. The van der Waals surface area contributed by atoms with Crippen molar-refractivity contribution in [1.29, 1.82) is 0 Å². The quantitative estimate of drug-likeness (QED) is 0.806. The van der Waals surface area contributed by atoms with E-state index in [2.05, 4.69) is 11.8 Å². The summed E-state index contributed by atoms with van der Waals surface area (Å²) in [5.41, 5.74) is 6.31. The molecule has 0 amide bonds. The van der Waals surface area contributed by atoms with Gasteiger partial charge in [0.05, 0.1) is 6.10 Å². The highest BCUT2D eigenvalue weighted by Crippen LogP contribution is 2.32. The SMILES string of the molecule is CCCC1CCC(N)C(CN2CCC(O)CC2)C1. The van der Waals surface area contributed by atoms with Crippen LogP contribution in [0.1, 0.15) is 51.9 Å². The van der Waals surface area contributed by atoms with Crippen molar-refractivity contribution in [3.63, 3.8) is 0 Å². The van der Waals surface area contributed by atoms with Gasteiger partial charge in [-0.1, -0.05) is 19.8 Å². The second kappa shape index (κ2) is 6.88. The minimum absolute atomic E-state index is 0.0610. The lowest BCUT2D eigenvalue weighted by Crippen LogP contribution is -2.46. The van der Waals surface area contributed by atoms with Gasteiger partial charge in [-0.05, 0) is 43.9 Å². The van der Waals surface area contributed by atoms with E-state index in [0.29, 0.717) is 12.0 Å². The van der Waals surface area contributed by atoms with E-state index in [4.69, 9.17) is 5.73 Å². The van der Waals surface area contributed by atoms with Crippen molar-refractivity contribution in [3.8, 4) is 0 Å². The third-order valence-electron chi connectivity index (χ3n) is 4.90. The number of nitrogens with two attached hydrogens (primary N) is 1. The lowest BCUT2D eigenvalue weighted by atomic mass is 9.76. The Hall–Kier alpha value is -0.120. The molecule has 0 aromatic heterocycles. The summed E-state index contributed by atoms with van der Waals surface area (Å²) in [6.07, 6.45) is 8.39. The Labute approximate surface area is 112 Å². The van der Waals surface area contributed by atoms with Crippen LogP contribution in [0, 0.1) is 11.8 Å². The highest BCUT2D eigenvalue weighted by atomic mass is 16.3. The molecule has 1 aliphatic heterocycles. The summed E-state index contributed by atoms with van der Waals surface area (Å²) < 4.78 is 0. The Balaban J connectivity index is 1.79. The Morgan fingerprint density at radius 1 is 1.17 bits per heavy atom. The maximum Gasteiger partial charge on any atom is 0.0564 e. The molecule has 0 aromatic rings. The summed E-state index contributed by atoms with van der Waals surface area (Å²) >= 11 is 0. The van der Waals surface area contributed by atoms with Crippen molar-refractivity contribution in [3.05, 3.63) is 0 Å². The fraction of sp³-hybridized carbons (Fsp3) is 1.00. The van der Waals surface area contributed by atoms with Crippen molar-refractivity contribution < 1.29 is 5.11 Å². The van der Waals surface area contributed by atoms with Gasteiger partial charge in [0.25, 0.3) is 0 Å². The molecule has 0 aromatic carbocycles. The molecule has 1 saturated carbocycles. The first kappa shape index (κ1) is 14.3. The van der Waals surface area contributed by atoms with Crippen molar-refractivity contribution in [1.82, 2.24) is 4.90 Å². The molecule has 3 N–H and O–H groups in total. The summed E-state index contributed by atoms with van der Waals surface area (Å²) in [5.74, 6) is 1.60. The predicted molar refractivity (Wildman–Crippen MR) is 75.4 cm³/mol. The zero-order valence-electron chi connectivity index (χ0n) is 11.9. The van der Waals surface area contributed by atoms with Gasteiger partial charge in [-0.2, -0.15) is 0 Å². The second-order valence-corrected chi connectivity index (χ2v) is 6.42. The fourth-order valence-corrected chi connectivity index (χ4v) is 3.70. The number of aliphatic hydroxyl groups is 1. The molecule has 1 saturated heterocycles. The van der Waals surface area contributed by atoms with Crippen LogP contribution in [0.15, 0.2) is 0 Å². The van der Waals surface area contributed by atoms with E-state index in [1.54, 1.807) is 0 Å². The van der Waals surface area contributed by atoms with Crippen LogP contribution in [0.25, 0.3) is 0 Å². The van der Waals surface area contributed by atoms with E-state index < -0.39 is 0 Å². The van der Waals surface area contributed by atoms with Crippen LogP contribution in [0.5, 0.6) is 0 Å². The van der Waals surface area contributed by atoms with Gasteiger partial charge in [-0.3, -0.25) is 0 Å². The molecule has 3 nitrogen and oxygen atoms in total. The number of piperidine rings is 1. The molecule has 0 spiro atoms. The molecule has 0 bridgehead atoms. The summed E-state index contributed by atoms with van der Waals surface area (Å²) in [4.78, 5) is 2.52. The van der Waals surface area contributed by atoms with Crippen LogP contribution in [0.2, 0.25) is 0 Å². The number of aliphatic hydroxyl groups excluding tert-OH is 1. The normalized spacial score (nSPS) is 35.8. The van der Waals surface area contributed by atoms with Gasteiger partial charge in [-0.25, -0.2) is 0 Å². The van der Waals surface area contributed by atoms with Gasteiger partial charge in [0.2, 0.25) is 0 Å². The fourth-order valence-electron chi connectivity index (χ4n) is 3.70. The minimum atomic E-state index is -0.0610. The summed E-state index contributed by atoms with van der Waals surface area (Å²) in [6.45, 7) is 5.56. The minimum Gasteiger partial charge on any atom is -0.393 e. The smallest absolute Gasteiger partial charge is 0.0564 e. The highest BCUT2D eigenvalue weighted by Gasteiger charge is 2.30. The lowest BCUT2D eigenvalue weighted by molar-refractivity contribution is 0.0638. The third kappa shape index (κ3) is 3.94.